The summed E-state index contributed by atoms with van der Waals surface area (Å²) in [6, 6.07) is 12.3. The second-order valence-corrected chi connectivity index (χ2v) is 5.07. The highest BCUT2D eigenvalue weighted by atomic mass is 79.9. The summed E-state index contributed by atoms with van der Waals surface area (Å²) in [4.78, 5) is 12.2. The molecule has 0 radical (unpaired) electrons. The molecule has 0 aromatic heterocycles. The number of aliphatic hydroxyl groups excluding tert-OH is 1. The number of methoxy groups -OCH3 is 1. The van der Waals surface area contributed by atoms with Crippen molar-refractivity contribution < 1.29 is 14.6 Å². The number of rotatable bonds is 4. The van der Waals surface area contributed by atoms with Crippen LogP contribution in [-0.4, -0.2) is 18.1 Å². The predicted octanol–water partition coefficient (Wildman–Crippen LogP) is 3.20. The first-order chi connectivity index (χ1) is 9.63. The van der Waals surface area contributed by atoms with Gasteiger partial charge in [-0.1, -0.05) is 28.1 Å². The molecule has 0 unspecified atom stereocenters. The predicted molar refractivity (Wildman–Crippen MR) is 81.0 cm³/mol. The molecule has 20 heavy (non-hydrogen) atoms. The average molecular weight is 336 g/mol. The smallest absolute Gasteiger partial charge is 0.259 e. The Kier molecular flexibility index (Phi) is 4.76. The SMILES string of the molecule is COc1cc(Br)ccc1C(=O)Nc1cccc(CO)c1. The van der Waals surface area contributed by atoms with Gasteiger partial charge in [0.25, 0.3) is 5.91 Å². The number of carbonyl (C=O) groups excluding carboxylic acids is 1. The molecule has 1 amide bonds. The van der Waals surface area contributed by atoms with E-state index in [1.807, 2.05) is 0 Å². The van der Waals surface area contributed by atoms with Gasteiger partial charge in [-0.2, -0.15) is 0 Å². The highest BCUT2D eigenvalue weighted by Gasteiger charge is 2.12. The van der Waals surface area contributed by atoms with Crippen LogP contribution in [0.4, 0.5) is 5.69 Å². The van der Waals surface area contributed by atoms with Crippen molar-refractivity contribution in [2.45, 2.75) is 6.61 Å². The van der Waals surface area contributed by atoms with Gasteiger partial charge < -0.3 is 15.2 Å². The summed E-state index contributed by atoms with van der Waals surface area (Å²) in [6.45, 7) is -0.0642. The molecule has 2 aromatic carbocycles. The summed E-state index contributed by atoms with van der Waals surface area (Å²) in [7, 11) is 1.52. The maximum atomic E-state index is 12.2. The second-order valence-electron chi connectivity index (χ2n) is 4.16. The van der Waals surface area contributed by atoms with Crippen molar-refractivity contribution in [3.05, 3.63) is 58.1 Å². The first-order valence-corrected chi connectivity index (χ1v) is 6.78. The van der Waals surface area contributed by atoms with Crippen molar-refractivity contribution >= 4 is 27.5 Å². The standard InChI is InChI=1S/C15H14BrNO3/c1-20-14-8-11(16)5-6-13(14)15(19)17-12-4-2-3-10(7-12)9-18/h2-8,18H,9H2,1H3,(H,17,19). The minimum atomic E-state index is -0.260. The van der Waals surface area contributed by atoms with Gasteiger partial charge in [0.05, 0.1) is 19.3 Å². The van der Waals surface area contributed by atoms with Gasteiger partial charge in [-0.15, -0.1) is 0 Å². The van der Waals surface area contributed by atoms with E-state index in [4.69, 9.17) is 9.84 Å². The van der Waals surface area contributed by atoms with Crippen LogP contribution in [0.5, 0.6) is 5.75 Å². The monoisotopic (exact) mass is 335 g/mol. The number of hydrogen-bond acceptors (Lipinski definition) is 3. The van der Waals surface area contributed by atoms with Gasteiger partial charge in [-0.25, -0.2) is 0 Å². The molecular weight excluding hydrogens is 322 g/mol. The zero-order valence-electron chi connectivity index (χ0n) is 10.9. The zero-order chi connectivity index (χ0) is 14.5. The molecule has 0 bridgehead atoms. The second kappa shape index (κ2) is 6.54. The molecule has 0 heterocycles. The molecule has 0 aliphatic carbocycles. The van der Waals surface area contributed by atoms with E-state index in [-0.39, 0.29) is 12.5 Å². The molecule has 0 saturated carbocycles. The molecule has 5 heteroatoms. The summed E-state index contributed by atoms with van der Waals surface area (Å²) in [5.41, 5.74) is 1.82. The van der Waals surface area contributed by atoms with Crippen molar-refractivity contribution in [3.63, 3.8) is 0 Å². The van der Waals surface area contributed by atoms with E-state index >= 15 is 0 Å². The molecule has 2 N–H and O–H groups in total. The van der Waals surface area contributed by atoms with Crippen molar-refractivity contribution in [1.82, 2.24) is 0 Å². The number of nitrogens with one attached hydrogen (secondary N) is 1. The van der Waals surface area contributed by atoms with Gasteiger partial charge in [0.1, 0.15) is 5.75 Å². The summed E-state index contributed by atoms with van der Waals surface area (Å²) >= 11 is 3.33. The lowest BCUT2D eigenvalue weighted by Crippen LogP contribution is -2.13. The lowest BCUT2D eigenvalue weighted by molar-refractivity contribution is 0.102. The average Bonchev–Trinajstić information content (AvgIpc) is 2.47. The number of carbonyl (C=O) groups is 1. The topological polar surface area (TPSA) is 58.6 Å². The highest BCUT2D eigenvalue weighted by Crippen LogP contribution is 2.24. The van der Waals surface area contributed by atoms with Crippen molar-refractivity contribution in [1.29, 1.82) is 0 Å². The number of anilines is 1. The number of aliphatic hydroxyl groups is 1. The molecule has 0 atom stereocenters. The highest BCUT2D eigenvalue weighted by molar-refractivity contribution is 9.10. The fourth-order valence-electron chi connectivity index (χ4n) is 1.80. The summed E-state index contributed by atoms with van der Waals surface area (Å²) in [5, 5.41) is 11.9. The molecule has 0 fully saturated rings. The van der Waals surface area contributed by atoms with Crippen LogP contribution in [0.3, 0.4) is 0 Å². The van der Waals surface area contributed by atoms with Crippen LogP contribution < -0.4 is 10.1 Å². The van der Waals surface area contributed by atoms with E-state index in [9.17, 15) is 4.79 Å². The first kappa shape index (κ1) is 14.6. The fraction of sp³-hybridized carbons (Fsp3) is 0.133. The maximum absolute atomic E-state index is 12.2. The largest absolute Gasteiger partial charge is 0.496 e. The number of ether oxygens (including phenoxy) is 1. The molecule has 2 rings (SSSR count). The Morgan fingerprint density at radius 1 is 1.30 bits per heavy atom. The van der Waals surface area contributed by atoms with Crippen LogP contribution in [-0.2, 0) is 6.61 Å². The molecule has 0 saturated heterocycles. The van der Waals surface area contributed by atoms with Crippen LogP contribution in [0, 0.1) is 0 Å². The number of halogens is 1. The van der Waals surface area contributed by atoms with Crippen LogP contribution in [0.1, 0.15) is 15.9 Å². The zero-order valence-corrected chi connectivity index (χ0v) is 12.5. The van der Waals surface area contributed by atoms with Gasteiger partial charge in [-0.05, 0) is 35.9 Å². The Balaban J connectivity index is 2.23. The lowest BCUT2D eigenvalue weighted by atomic mass is 10.1. The van der Waals surface area contributed by atoms with E-state index in [2.05, 4.69) is 21.2 Å². The molecule has 104 valence electrons. The molecule has 0 aliphatic heterocycles. The summed E-state index contributed by atoms with van der Waals surface area (Å²) in [5.74, 6) is 0.236. The van der Waals surface area contributed by atoms with Crippen molar-refractivity contribution in [3.8, 4) is 5.75 Å². The van der Waals surface area contributed by atoms with Crippen LogP contribution >= 0.6 is 15.9 Å². The van der Waals surface area contributed by atoms with E-state index in [1.165, 1.54) is 7.11 Å². The normalized spacial score (nSPS) is 10.2. The van der Waals surface area contributed by atoms with E-state index in [0.717, 1.165) is 10.0 Å². The van der Waals surface area contributed by atoms with Crippen molar-refractivity contribution in [2.75, 3.05) is 12.4 Å². The molecule has 2 aromatic rings. The van der Waals surface area contributed by atoms with E-state index in [0.29, 0.717) is 17.0 Å². The van der Waals surface area contributed by atoms with Crippen LogP contribution in [0.15, 0.2) is 46.9 Å². The summed E-state index contributed by atoms with van der Waals surface area (Å²) in [6.07, 6.45) is 0. The third-order valence-electron chi connectivity index (χ3n) is 2.78. The maximum Gasteiger partial charge on any atom is 0.259 e. The number of hydrogen-bond donors (Lipinski definition) is 2. The van der Waals surface area contributed by atoms with E-state index in [1.54, 1.807) is 42.5 Å². The Labute approximate surface area is 125 Å². The first-order valence-electron chi connectivity index (χ1n) is 5.98. The minimum Gasteiger partial charge on any atom is -0.496 e. The number of benzene rings is 2. The van der Waals surface area contributed by atoms with Crippen LogP contribution in [0.25, 0.3) is 0 Å². The molecule has 4 nitrogen and oxygen atoms in total. The van der Waals surface area contributed by atoms with Crippen molar-refractivity contribution in [2.24, 2.45) is 0 Å². The Bertz CT molecular complexity index is 628. The minimum absolute atomic E-state index is 0.0642. The Morgan fingerprint density at radius 2 is 2.10 bits per heavy atom. The third kappa shape index (κ3) is 3.37. The van der Waals surface area contributed by atoms with Gasteiger partial charge >= 0.3 is 0 Å². The molecule has 0 spiro atoms. The summed E-state index contributed by atoms with van der Waals surface area (Å²) < 4.78 is 6.04. The fourth-order valence-corrected chi connectivity index (χ4v) is 2.14. The third-order valence-corrected chi connectivity index (χ3v) is 3.27. The molecule has 0 aliphatic rings. The Morgan fingerprint density at radius 3 is 2.80 bits per heavy atom. The lowest BCUT2D eigenvalue weighted by Gasteiger charge is -2.10. The van der Waals surface area contributed by atoms with Gasteiger partial charge in [0, 0.05) is 10.2 Å². The van der Waals surface area contributed by atoms with Gasteiger partial charge in [0.15, 0.2) is 0 Å². The number of amides is 1. The molecular formula is C15H14BrNO3. The van der Waals surface area contributed by atoms with Crippen LogP contribution in [0.2, 0.25) is 0 Å². The van der Waals surface area contributed by atoms with Gasteiger partial charge in [-0.3, -0.25) is 4.79 Å². The quantitative estimate of drug-likeness (QED) is 0.901. The van der Waals surface area contributed by atoms with Gasteiger partial charge in [0.2, 0.25) is 0 Å². The Hall–Kier alpha value is -1.85. The van der Waals surface area contributed by atoms with E-state index < -0.39 is 0 Å².